The Labute approximate surface area is 322 Å². The first kappa shape index (κ1) is 31.9. The van der Waals surface area contributed by atoms with Gasteiger partial charge in [0.15, 0.2) is 17.5 Å². The predicted molar refractivity (Wildman–Crippen MR) is 230 cm³/mol. The lowest BCUT2D eigenvalue weighted by molar-refractivity contribution is 1.06. The molecule has 0 fully saturated rings. The lowest BCUT2D eigenvalue weighted by Gasteiger charge is -2.13. The zero-order chi connectivity index (χ0) is 37.0. The summed E-state index contributed by atoms with van der Waals surface area (Å²) in [5, 5.41) is 9.46. The van der Waals surface area contributed by atoms with Crippen LogP contribution in [0.15, 0.2) is 188 Å². The highest BCUT2D eigenvalue weighted by Gasteiger charge is 2.18. The Morgan fingerprint density at radius 3 is 1.38 bits per heavy atom. The minimum Gasteiger partial charge on any atom is -0.245 e. The van der Waals surface area contributed by atoms with Crippen LogP contribution in [0.2, 0.25) is 0 Å². The van der Waals surface area contributed by atoms with Crippen molar-refractivity contribution in [1.82, 2.24) is 24.9 Å². The van der Waals surface area contributed by atoms with Crippen LogP contribution < -0.4 is 0 Å². The summed E-state index contributed by atoms with van der Waals surface area (Å²) in [4.78, 5) is 25.8. The maximum atomic E-state index is 5.32. The highest BCUT2D eigenvalue weighted by molar-refractivity contribution is 6.25. The van der Waals surface area contributed by atoms with Gasteiger partial charge in [0.1, 0.15) is 5.69 Å². The average Bonchev–Trinajstić information content (AvgIpc) is 3.29. The van der Waals surface area contributed by atoms with Gasteiger partial charge >= 0.3 is 0 Å². The Morgan fingerprint density at radius 1 is 0.250 bits per heavy atom. The molecule has 3 heterocycles. The van der Waals surface area contributed by atoms with E-state index in [9.17, 15) is 0 Å². The van der Waals surface area contributed by atoms with E-state index in [0.717, 1.165) is 55.3 Å². The van der Waals surface area contributed by atoms with Crippen molar-refractivity contribution >= 4 is 54.1 Å². The Morgan fingerprint density at radius 2 is 0.714 bits per heavy atom. The molecule has 0 aliphatic rings. The molecule has 0 aliphatic carbocycles. The van der Waals surface area contributed by atoms with Gasteiger partial charge in [-0.15, -0.1) is 0 Å². The van der Waals surface area contributed by atoms with Crippen LogP contribution in [0.1, 0.15) is 0 Å². The molecule has 56 heavy (non-hydrogen) atoms. The van der Waals surface area contributed by atoms with Gasteiger partial charge < -0.3 is 0 Å². The van der Waals surface area contributed by atoms with Gasteiger partial charge in [0, 0.05) is 27.5 Å². The fraction of sp³-hybridized carbons (Fsp3) is 0. The van der Waals surface area contributed by atoms with Gasteiger partial charge in [-0.2, -0.15) is 0 Å². The molecule has 5 nitrogen and oxygen atoms in total. The molecule has 260 valence electrons. The summed E-state index contributed by atoms with van der Waals surface area (Å²) in [6, 6.07) is 65.2. The van der Waals surface area contributed by atoms with E-state index in [0.29, 0.717) is 23.2 Å². The number of hydrogen-bond donors (Lipinski definition) is 0. The Kier molecular flexibility index (Phi) is 7.42. The van der Waals surface area contributed by atoms with Crippen molar-refractivity contribution in [2.75, 3.05) is 0 Å². The first-order valence-corrected chi connectivity index (χ1v) is 18.8. The third-order valence-electron chi connectivity index (χ3n) is 10.7. The average molecular weight is 714 g/mol. The number of rotatable bonds is 5. The molecule has 11 aromatic rings. The maximum absolute atomic E-state index is 5.32. The van der Waals surface area contributed by atoms with Crippen molar-refractivity contribution < 1.29 is 0 Å². The second kappa shape index (κ2) is 13.0. The summed E-state index contributed by atoms with van der Waals surface area (Å²) < 4.78 is 0. The van der Waals surface area contributed by atoms with E-state index in [1.165, 1.54) is 32.3 Å². The second-order valence-electron chi connectivity index (χ2n) is 14.0. The largest absolute Gasteiger partial charge is 0.245 e. The van der Waals surface area contributed by atoms with Gasteiger partial charge in [-0.1, -0.05) is 170 Å². The number of pyridine rings is 2. The molecule has 0 bridgehead atoms. The fourth-order valence-corrected chi connectivity index (χ4v) is 7.99. The zero-order valence-electron chi connectivity index (χ0n) is 30.1. The maximum Gasteiger partial charge on any atom is 0.182 e. The Balaban J connectivity index is 1.08. The van der Waals surface area contributed by atoms with Crippen LogP contribution >= 0.6 is 0 Å². The van der Waals surface area contributed by atoms with Gasteiger partial charge in [0.25, 0.3) is 0 Å². The highest BCUT2D eigenvalue weighted by Crippen LogP contribution is 2.38. The lowest BCUT2D eigenvalue weighted by atomic mass is 9.93. The summed E-state index contributed by atoms with van der Waals surface area (Å²) in [5.41, 5.74) is 8.20. The first-order chi connectivity index (χ1) is 27.7. The van der Waals surface area contributed by atoms with E-state index in [4.69, 9.17) is 24.9 Å². The minimum absolute atomic E-state index is 0.500. The third-order valence-corrected chi connectivity index (χ3v) is 10.7. The molecule has 0 atom stereocenters. The highest BCUT2D eigenvalue weighted by atomic mass is 15.0. The molecule has 0 N–H and O–H groups in total. The van der Waals surface area contributed by atoms with Crippen molar-refractivity contribution in [3.05, 3.63) is 188 Å². The molecule has 5 heteroatoms. The zero-order valence-corrected chi connectivity index (χ0v) is 30.1. The van der Waals surface area contributed by atoms with Gasteiger partial charge in [-0.25, -0.2) is 24.9 Å². The number of benzene rings is 8. The monoisotopic (exact) mass is 713 g/mol. The Hall–Kier alpha value is -7.63. The molecule has 8 aromatic carbocycles. The van der Waals surface area contributed by atoms with E-state index in [1.807, 2.05) is 66.7 Å². The van der Waals surface area contributed by atoms with Gasteiger partial charge in [-0.3, -0.25) is 0 Å². The minimum atomic E-state index is 0.500. The standard InChI is InChI=1S/C51H31N5/c1-3-13-32(14-4-1)37-17-7-12-22-43(37)50-54-49(35-15-5-2-6-16-35)55-51(56-50)46-30-27-34-24-23-33-26-29-45(52-47(33)48(34)53-46)36-25-28-42-40-20-9-8-18-38(40)39-19-10-11-21-41(39)44(42)31-36/h1-31H. The van der Waals surface area contributed by atoms with Crippen LogP contribution in [-0.4, -0.2) is 24.9 Å². The van der Waals surface area contributed by atoms with Crippen LogP contribution in [-0.2, 0) is 0 Å². The number of fused-ring (bicyclic) bond motifs is 9. The summed E-state index contributed by atoms with van der Waals surface area (Å²) in [7, 11) is 0. The summed E-state index contributed by atoms with van der Waals surface area (Å²) in [5.74, 6) is 1.68. The molecule has 0 saturated carbocycles. The molecule has 0 unspecified atom stereocenters. The first-order valence-electron chi connectivity index (χ1n) is 18.8. The fourth-order valence-electron chi connectivity index (χ4n) is 7.99. The van der Waals surface area contributed by atoms with E-state index in [-0.39, 0.29) is 0 Å². The summed E-state index contributed by atoms with van der Waals surface area (Å²) in [6.07, 6.45) is 0. The van der Waals surface area contributed by atoms with Crippen LogP contribution in [0, 0.1) is 0 Å². The molecular formula is C51H31N5. The topological polar surface area (TPSA) is 64.5 Å². The third kappa shape index (κ3) is 5.37. The SMILES string of the molecule is c1ccc(-c2nc(-c3ccc4ccc5ccc(-c6ccc7c8ccccc8c8ccccc8c7c6)nc5c4n3)nc(-c3ccccc3-c3ccccc3)n2)cc1. The second-order valence-corrected chi connectivity index (χ2v) is 14.0. The van der Waals surface area contributed by atoms with E-state index in [2.05, 4.69) is 121 Å². The molecule has 0 spiro atoms. The van der Waals surface area contributed by atoms with E-state index >= 15 is 0 Å². The lowest BCUT2D eigenvalue weighted by Crippen LogP contribution is -2.02. The summed E-state index contributed by atoms with van der Waals surface area (Å²) >= 11 is 0. The van der Waals surface area contributed by atoms with Gasteiger partial charge in [0.2, 0.25) is 0 Å². The molecule has 0 radical (unpaired) electrons. The van der Waals surface area contributed by atoms with E-state index < -0.39 is 0 Å². The van der Waals surface area contributed by atoms with Crippen LogP contribution in [0.4, 0.5) is 0 Å². The van der Waals surface area contributed by atoms with Gasteiger partial charge in [0.05, 0.1) is 16.7 Å². The normalized spacial score (nSPS) is 11.6. The number of nitrogens with zero attached hydrogens (tertiary/aromatic N) is 5. The number of aromatic nitrogens is 5. The predicted octanol–water partition coefficient (Wildman–Crippen LogP) is 12.8. The molecular weight excluding hydrogens is 683 g/mol. The summed E-state index contributed by atoms with van der Waals surface area (Å²) in [6.45, 7) is 0. The quantitative estimate of drug-likeness (QED) is 0.166. The smallest absolute Gasteiger partial charge is 0.182 e. The van der Waals surface area contributed by atoms with Gasteiger partial charge in [-0.05, 0) is 61.6 Å². The molecule has 0 amide bonds. The van der Waals surface area contributed by atoms with Crippen molar-refractivity contribution in [2.45, 2.75) is 0 Å². The molecule has 11 rings (SSSR count). The Bertz CT molecular complexity index is 3270. The van der Waals surface area contributed by atoms with Crippen molar-refractivity contribution in [2.24, 2.45) is 0 Å². The number of hydrogen-bond acceptors (Lipinski definition) is 5. The van der Waals surface area contributed by atoms with Crippen LogP contribution in [0.3, 0.4) is 0 Å². The van der Waals surface area contributed by atoms with Crippen molar-refractivity contribution in [1.29, 1.82) is 0 Å². The van der Waals surface area contributed by atoms with Crippen molar-refractivity contribution in [3.8, 4) is 56.7 Å². The molecule has 0 saturated heterocycles. The van der Waals surface area contributed by atoms with Crippen LogP contribution in [0.5, 0.6) is 0 Å². The van der Waals surface area contributed by atoms with Crippen LogP contribution in [0.25, 0.3) is 111 Å². The van der Waals surface area contributed by atoms with Crippen molar-refractivity contribution in [3.63, 3.8) is 0 Å². The van der Waals surface area contributed by atoms with E-state index in [1.54, 1.807) is 0 Å². The molecule has 3 aromatic heterocycles. The molecule has 0 aliphatic heterocycles.